The summed E-state index contributed by atoms with van der Waals surface area (Å²) in [5, 5.41) is 5.30. The van der Waals surface area contributed by atoms with Crippen LogP contribution in [-0.2, 0) is 4.79 Å². The number of furan rings is 1. The van der Waals surface area contributed by atoms with Gasteiger partial charge in [0.15, 0.2) is 5.76 Å². The Kier molecular flexibility index (Phi) is 6.17. The van der Waals surface area contributed by atoms with E-state index < -0.39 is 0 Å². The molecule has 0 radical (unpaired) electrons. The Balaban J connectivity index is 2.08. The molecule has 0 saturated carbocycles. The molecule has 0 atom stereocenters. The Morgan fingerprint density at radius 3 is 2.71 bits per heavy atom. The van der Waals surface area contributed by atoms with Gasteiger partial charge in [-0.1, -0.05) is 0 Å². The molecule has 0 aliphatic carbocycles. The van der Waals surface area contributed by atoms with Crippen molar-refractivity contribution in [2.75, 3.05) is 19.0 Å². The Bertz CT molecular complexity index is 352. The number of halogens is 1. The van der Waals surface area contributed by atoms with E-state index in [0.717, 1.165) is 0 Å². The monoisotopic (exact) mass is 258 g/mol. The predicted molar refractivity (Wildman–Crippen MR) is 64.0 cm³/mol. The molecule has 1 rings (SSSR count). The number of carbonyl (C=O) groups excluding carboxylic acids is 2. The Morgan fingerprint density at radius 2 is 2.06 bits per heavy atom. The Labute approximate surface area is 105 Å². The lowest BCUT2D eigenvalue weighted by molar-refractivity contribution is -0.121. The molecule has 5 nitrogen and oxygen atoms in total. The van der Waals surface area contributed by atoms with Crippen molar-refractivity contribution >= 4 is 23.4 Å². The first-order valence-electron chi connectivity index (χ1n) is 5.38. The van der Waals surface area contributed by atoms with Gasteiger partial charge in [-0.2, -0.15) is 0 Å². The lowest BCUT2D eigenvalue weighted by Crippen LogP contribution is -2.34. The van der Waals surface area contributed by atoms with E-state index in [1.807, 2.05) is 0 Å². The van der Waals surface area contributed by atoms with Gasteiger partial charge in [0.05, 0.1) is 6.26 Å². The van der Waals surface area contributed by atoms with Crippen LogP contribution < -0.4 is 10.6 Å². The zero-order valence-electron chi connectivity index (χ0n) is 9.37. The number of carbonyl (C=O) groups is 2. The number of amides is 2. The molecule has 1 aromatic heterocycles. The van der Waals surface area contributed by atoms with E-state index in [-0.39, 0.29) is 17.6 Å². The predicted octanol–water partition coefficient (Wildman–Crippen LogP) is 1.14. The van der Waals surface area contributed by atoms with Gasteiger partial charge < -0.3 is 15.1 Å². The van der Waals surface area contributed by atoms with Crippen LogP contribution >= 0.6 is 11.6 Å². The third-order valence-corrected chi connectivity index (χ3v) is 2.28. The molecule has 6 heteroatoms. The second-order valence-corrected chi connectivity index (χ2v) is 3.75. The van der Waals surface area contributed by atoms with Crippen molar-refractivity contribution in [2.24, 2.45) is 0 Å². The summed E-state index contributed by atoms with van der Waals surface area (Å²) >= 11 is 5.46. The van der Waals surface area contributed by atoms with Gasteiger partial charge in [-0.05, 0) is 18.6 Å². The molecular formula is C11H15ClN2O3. The largest absolute Gasteiger partial charge is 0.459 e. The minimum Gasteiger partial charge on any atom is -0.459 e. The highest BCUT2D eigenvalue weighted by Crippen LogP contribution is 1.98. The third-order valence-electron chi connectivity index (χ3n) is 2.02. The van der Waals surface area contributed by atoms with Crippen molar-refractivity contribution in [1.82, 2.24) is 10.6 Å². The topological polar surface area (TPSA) is 71.3 Å². The first-order chi connectivity index (χ1) is 8.24. The maximum atomic E-state index is 11.4. The molecule has 0 aliphatic rings. The van der Waals surface area contributed by atoms with Crippen LogP contribution in [0.15, 0.2) is 22.8 Å². The van der Waals surface area contributed by atoms with Crippen molar-refractivity contribution in [3.05, 3.63) is 24.2 Å². The summed E-state index contributed by atoms with van der Waals surface area (Å²) in [6.07, 6.45) is 2.50. The van der Waals surface area contributed by atoms with Gasteiger partial charge in [0.2, 0.25) is 5.91 Å². The van der Waals surface area contributed by atoms with Crippen molar-refractivity contribution in [2.45, 2.75) is 12.8 Å². The summed E-state index contributed by atoms with van der Waals surface area (Å²) in [5.74, 6) is 0.393. The first-order valence-corrected chi connectivity index (χ1v) is 5.92. The summed E-state index contributed by atoms with van der Waals surface area (Å²) in [7, 11) is 0. The number of alkyl halides is 1. The maximum absolute atomic E-state index is 11.4. The van der Waals surface area contributed by atoms with Crippen molar-refractivity contribution < 1.29 is 14.0 Å². The van der Waals surface area contributed by atoms with Gasteiger partial charge in [-0.15, -0.1) is 11.6 Å². The first kappa shape index (κ1) is 13.6. The van der Waals surface area contributed by atoms with E-state index in [2.05, 4.69) is 10.6 Å². The molecule has 0 saturated heterocycles. The summed E-state index contributed by atoms with van der Waals surface area (Å²) in [6.45, 7) is 0.764. The lowest BCUT2D eigenvalue weighted by Gasteiger charge is -2.05. The quantitative estimate of drug-likeness (QED) is 0.569. The molecule has 1 aromatic rings. The second-order valence-electron chi connectivity index (χ2n) is 3.38. The fraction of sp³-hybridized carbons (Fsp3) is 0.455. The molecule has 0 unspecified atom stereocenters. The smallest absolute Gasteiger partial charge is 0.287 e. The Hall–Kier alpha value is -1.49. The molecule has 94 valence electrons. The summed E-state index contributed by atoms with van der Waals surface area (Å²) in [5.41, 5.74) is 0. The molecule has 0 aromatic carbocycles. The number of hydrogen-bond donors (Lipinski definition) is 2. The summed E-state index contributed by atoms with van der Waals surface area (Å²) in [4.78, 5) is 22.6. The average molecular weight is 259 g/mol. The van der Waals surface area contributed by atoms with Crippen LogP contribution in [0.25, 0.3) is 0 Å². The fourth-order valence-corrected chi connectivity index (χ4v) is 1.32. The third kappa shape index (κ3) is 5.40. The van der Waals surface area contributed by atoms with Crippen LogP contribution in [0.3, 0.4) is 0 Å². The zero-order chi connectivity index (χ0) is 12.5. The highest BCUT2D eigenvalue weighted by atomic mass is 35.5. The van der Waals surface area contributed by atoms with Crippen LogP contribution in [0, 0.1) is 0 Å². The molecule has 2 N–H and O–H groups in total. The van der Waals surface area contributed by atoms with Gasteiger partial charge in [-0.25, -0.2) is 0 Å². The molecule has 0 aliphatic heterocycles. The van der Waals surface area contributed by atoms with Crippen molar-refractivity contribution in [3.63, 3.8) is 0 Å². The lowest BCUT2D eigenvalue weighted by atomic mass is 10.3. The van der Waals surface area contributed by atoms with Gasteiger partial charge in [0.1, 0.15) is 0 Å². The molecule has 17 heavy (non-hydrogen) atoms. The van der Waals surface area contributed by atoms with Crippen LogP contribution in [0.2, 0.25) is 0 Å². The van der Waals surface area contributed by atoms with Crippen LogP contribution in [0.1, 0.15) is 23.4 Å². The number of rotatable bonds is 7. The van der Waals surface area contributed by atoms with E-state index in [1.165, 1.54) is 6.26 Å². The number of nitrogens with one attached hydrogen (secondary N) is 2. The zero-order valence-corrected chi connectivity index (χ0v) is 10.1. The van der Waals surface area contributed by atoms with Gasteiger partial charge >= 0.3 is 0 Å². The second kappa shape index (κ2) is 7.73. The molecule has 0 fully saturated rings. The summed E-state index contributed by atoms with van der Waals surface area (Å²) in [6, 6.07) is 3.22. The maximum Gasteiger partial charge on any atom is 0.287 e. The van der Waals surface area contributed by atoms with Crippen LogP contribution in [-0.4, -0.2) is 30.8 Å². The van der Waals surface area contributed by atoms with E-state index in [0.29, 0.717) is 31.8 Å². The van der Waals surface area contributed by atoms with Gasteiger partial charge in [0, 0.05) is 25.4 Å². The highest BCUT2D eigenvalue weighted by Gasteiger charge is 2.07. The molecule has 0 bridgehead atoms. The minimum absolute atomic E-state index is 0.0575. The standard InChI is InChI=1S/C11H15ClN2O3/c12-5-1-4-10(15)13-6-7-14-11(16)9-3-2-8-17-9/h2-3,8H,1,4-7H2,(H,13,15)(H,14,16). The van der Waals surface area contributed by atoms with Gasteiger partial charge in [0.25, 0.3) is 5.91 Å². The van der Waals surface area contributed by atoms with Crippen molar-refractivity contribution in [3.8, 4) is 0 Å². The van der Waals surface area contributed by atoms with Crippen molar-refractivity contribution in [1.29, 1.82) is 0 Å². The molecule has 0 spiro atoms. The van der Waals surface area contributed by atoms with E-state index >= 15 is 0 Å². The fourth-order valence-electron chi connectivity index (χ4n) is 1.19. The normalized spacial score (nSPS) is 9.94. The average Bonchev–Trinajstić information content (AvgIpc) is 2.85. The number of hydrogen-bond acceptors (Lipinski definition) is 3. The van der Waals surface area contributed by atoms with E-state index in [1.54, 1.807) is 12.1 Å². The van der Waals surface area contributed by atoms with Crippen LogP contribution in [0.4, 0.5) is 0 Å². The molecule has 1 heterocycles. The van der Waals surface area contributed by atoms with E-state index in [4.69, 9.17) is 16.0 Å². The van der Waals surface area contributed by atoms with Gasteiger partial charge in [-0.3, -0.25) is 9.59 Å². The molecular weight excluding hydrogens is 244 g/mol. The van der Waals surface area contributed by atoms with E-state index in [9.17, 15) is 9.59 Å². The molecule has 2 amide bonds. The SMILES string of the molecule is O=C(CCCCl)NCCNC(=O)c1ccco1. The summed E-state index contributed by atoms with van der Waals surface area (Å²) < 4.78 is 4.91. The Morgan fingerprint density at radius 1 is 1.29 bits per heavy atom. The highest BCUT2D eigenvalue weighted by molar-refractivity contribution is 6.17. The van der Waals surface area contributed by atoms with Crippen LogP contribution in [0.5, 0.6) is 0 Å². The minimum atomic E-state index is -0.287.